The highest BCUT2D eigenvalue weighted by Crippen LogP contribution is 2.21. The third kappa shape index (κ3) is 4.54. The highest BCUT2D eigenvalue weighted by atomic mass is 16.5. The van der Waals surface area contributed by atoms with Crippen LogP contribution in [0.3, 0.4) is 0 Å². The van der Waals surface area contributed by atoms with Gasteiger partial charge in [-0.25, -0.2) is 0 Å². The summed E-state index contributed by atoms with van der Waals surface area (Å²) in [5.41, 5.74) is 0. The summed E-state index contributed by atoms with van der Waals surface area (Å²) >= 11 is 0. The molecular weight excluding hydrogens is 248 g/mol. The van der Waals surface area contributed by atoms with Gasteiger partial charge in [-0.05, 0) is 26.2 Å². The van der Waals surface area contributed by atoms with E-state index in [0.29, 0.717) is 6.54 Å². The number of carbonyl (C=O) groups excluding carboxylic acids is 3. The van der Waals surface area contributed by atoms with E-state index in [-0.39, 0.29) is 30.2 Å². The molecule has 1 aliphatic rings. The number of methoxy groups -OCH3 is 1. The molecule has 0 spiro atoms. The van der Waals surface area contributed by atoms with E-state index in [1.165, 1.54) is 14.0 Å². The number of likely N-dealkylation sites (tertiary alicyclic amines) is 1. The van der Waals surface area contributed by atoms with Crippen molar-refractivity contribution in [1.29, 1.82) is 0 Å². The largest absolute Gasteiger partial charge is 0.469 e. The van der Waals surface area contributed by atoms with Gasteiger partial charge in [0.15, 0.2) is 0 Å². The van der Waals surface area contributed by atoms with Gasteiger partial charge in [0, 0.05) is 19.5 Å². The minimum absolute atomic E-state index is 0.120. The maximum Gasteiger partial charge on any atom is 0.307 e. The first-order valence-corrected chi connectivity index (χ1v) is 6.60. The average molecular weight is 270 g/mol. The van der Waals surface area contributed by atoms with E-state index in [4.69, 9.17) is 0 Å². The number of carbonyl (C=O) groups is 3. The molecule has 0 aromatic heterocycles. The molecule has 1 fully saturated rings. The normalized spacial score (nSPS) is 20.6. The van der Waals surface area contributed by atoms with E-state index in [9.17, 15) is 14.4 Å². The van der Waals surface area contributed by atoms with Crippen molar-refractivity contribution in [3.8, 4) is 0 Å². The van der Waals surface area contributed by atoms with E-state index in [2.05, 4.69) is 10.1 Å². The van der Waals surface area contributed by atoms with Crippen LogP contribution in [0, 0.1) is 0 Å². The predicted molar refractivity (Wildman–Crippen MR) is 69.3 cm³/mol. The van der Waals surface area contributed by atoms with Crippen LogP contribution in [0.4, 0.5) is 0 Å². The van der Waals surface area contributed by atoms with Gasteiger partial charge < -0.3 is 15.0 Å². The van der Waals surface area contributed by atoms with Gasteiger partial charge in [0.1, 0.15) is 6.04 Å². The Morgan fingerprint density at radius 2 is 2.05 bits per heavy atom. The molecular formula is C13H22N2O4. The van der Waals surface area contributed by atoms with Crippen molar-refractivity contribution >= 4 is 17.8 Å². The van der Waals surface area contributed by atoms with Crippen molar-refractivity contribution in [2.24, 2.45) is 0 Å². The number of hydrogen-bond donors (Lipinski definition) is 1. The quantitative estimate of drug-likeness (QED) is 0.753. The number of rotatable bonds is 4. The highest BCUT2D eigenvalue weighted by Gasteiger charge is 2.31. The van der Waals surface area contributed by atoms with Crippen LogP contribution in [0.1, 0.15) is 39.5 Å². The lowest BCUT2D eigenvalue weighted by Gasteiger charge is -2.36. The Bertz CT molecular complexity index is 357. The van der Waals surface area contributed by atoms with Crippen LogP contribution < -0.4 is 5.32 Å². The van der Waals surface area contributed by atoms with Crippen molar-refractivity contribution in [3.63, 3.8) is 0 Å². The van der Waals surface area contributed by atoms with Crippen LogP contribution in [0.2, 0.25) is 0 Å². The SMILES string of the molecule is COC(=O)CC1CCCCN1C(=O)C(C)NC(C)=O. The van der Waals surface area contributed by atoms with Crippen molar-refractivity contribution in [3.05, 3.63) is 0 Å². The van der Waals surface area contributed by atoms with Crippen molar-refractivity contribution in [1.82, 2.24) is 10.2 Å². The molecule has 1 N–H and O–H groups in total. The zero-order chi connectivity index (χ0) is 14.4. The predicted octanol–water partition coefficient (Wildman–Crippen LogP) is 0.455. The standard InChI is InChI=1S/C13H22N2O4/c1-9(14-10(2)16)13(18)15-7-5-4-6-11(15)8-12(17)19-3/h9,11H,4-8H2,1-3H3,(H,14,16). The molecule has 1 aliphatic heterocycles. The van der Waals surface area contributed by atoms with Gasteiger partial charge in [0.25, 0.3) is 0 Å². The third-order valence-corrected chi connectivity index (χ3v) is 3.33. The molecule has 1 rings (SSSR count). The molecule has 6 heteroatoms. The fourth-order valence-corrected chi connectivity index (χ4v) is 2.39. The fraction of sp³-hybridized carbons (Fsp3) is 0.769. The summed E-state index contributed by atoms with van der Waals surface area (Å²) in [6.45, 7) is 3.67. The molecule has 1 saturated heterocycles. The monoisotopic (exact) mass is 270 g/mol. The van der Waals surface area contributed by atoms with Crippen molar-refractivity contribution in [2.75, 3.05) is 13.7 Å². The third-order valence-electron chi connectivity index (χ3n) is 3.33. The number of nitrogens with zero attached hydrogens (tertiary/aromatic N) is 1. The first-order valence-electron chi connectivity index (χ1n) is 6.60. The first kappa shape index (κ1) is 15.5. The second kappa shape index (κ2) is 7.11. The Kier molecular flexibility index (Phi) is 5.79. The zero-order valence-electron chi connectivity index (χ0n) is 11.8. The molecule has 108 valence electrons. The first-order chi connectivity index (χ1) is 8.95. The zero-order valence-corrected chi connectivity index (χ0v) is 11.8. The fourth-order valence-electron chi connectivity index (χ4n) is 2.39. The lowest BCUT2D eigenvalue weighted by Crippen LogP contribution is -2.52. The Balaban J connectivity index is 2.67. The van der Waals surface area contributed by atoms with E-state index >= 15 is 0 Å². The number of esters is 1. The minimum Gasteiger partial charge on any atom is -0.469 e. The topological polar surface area (TPSA) is 75.7 Å². The summed E-state index contributed by atoms with van der Waals surface area (Å²) in [5.74, 6) is -0.678. The van der Waals surface area contributed by atoms with Crippen LogP contribution in [0.5, 0.6) is 0 Å². The molecule has 0 bridgehead atoms. The number of hydrogen-bond acceptors (Lipinski definition) is 4. The smallest absolute Gasteiger partial charge is 0.307 e. The van der Waals surface area contributed by atoms with Gasteiger partial charge in [0.2, 0.25) is 11.8 Å². The van der Waals surface area contributed by atoms with E-state index in [0.717, 1.165) is 19.3 Å². The van der Waals surface area contributed by atoms with Crippen LogP contribution >= 0.6 is 0 Å². The number of nitrogens with one attached hydrogen (secondary N) is 1. The van der Waals surface area contributed by atoms with Crippen LogP contribution in [-0.2, 0) is 19.1 Å². The molecule has 1 heterocycles. The molecule has 2 atom stereocenters. The molecule has 2 unspecified atom stereocenters. The summed E-state index contributed by atoms with van der Waals surface area (Å²) in [6, 6.07) is -0.680. The molecule has 6 nitrogen and oxygen atoms in total. The molecule has 0 saturated carbocycles. The second-order valence-corrected chi connectivity index (χ2v) is 4.88. The second-order valence-electron chi connectivity index (χ2n) is 4.88. The molecule has 0 aliphatic carbocycles. The van der Waals surface area contributed by atoms with Crippen LogP contribution in [0.15, 0.2) is 0 Å². The van der Waals surface area contributed by atoms with Gasteiger partial charge in [-0.3, -0.25) is 14.4 Å². The number of piperidine rings is 1. The average Bonchev–Trinajstić information content (AvgIpc) is 2.37. The molecule has 19 heavy (non-hydrogen) atoms. The Hall–Kier alpha value is -1.59. The van der Waals surface area contributed by atoms with Crippen molar-refractivity contribution < 1.29 is 19.1 Å². The van der Waals surface area contributed by atoms with Gasteiger partial charge in [-0.2, -0.15) is 0 Å². The maximum absolute atomic E-state index is 12.3. The summed E-state index contributed by atoms with van der Waals surface area (Å²) in [6.07, 6.45) is 2.94. The Morgan fingerprint density at radius 1 is 1.37 bits per heavy atom. The lowest BCUT2D eigenvalue weighted by atomic mass is 9.98. The molecule has 0 radical (unpaired) electrons. The van der Waals surface area contributed by atoms with E-state index in [1.54, 1.807) is 11.8 Å². The van der Waals surface area contributed by atoms with Gasteiger partial charge >= 0.3 is 5.97 Å². The molecule has 2 amide bonds. The number of amides is 2. The maximum atomic E-state index is 12.3. The van der Waals surface area contributed by atoms with E-state index in [1.807, 2.05) is 0 Å². The summed E-state index contributed by atoms with van der Waals surface area (Å²) in [5, 5.41) is 2.58. The lowest BCUT2D eigenvalue weighted by molar-refractivity contribution is -0.145. The Labute approximate surface area is 113 Å². The highest BCUT2D eigenvalue weighted by molar-refractivity contribution is 5.87. The molecule has 0 aromatic rings. The van der Waals surface area contributed by atoms with Crippen LogP contribution in [0.25, 0.3) is 0 Å². The van der Waals surface area contributed by atoms with Gasteiger partial charge in [-0.15, -0.1) is 0 Å². The van der Waals surface area contributed by atoms with Gasteiger partial charge in [-0.1, -0.05) is 0 Å². The van der Waals surface area contributed by atoms with Gasteiger partial charge in [0.05, 0.1) is 13.5 Å². The summed E-state index contributed by atoms with van der Waals surface area (Å²) in [7, 11) is 1.34. The molecule has 0 aromatic carbocycles. The summed E-state index contributed by atoms with van der Waals surface area (Å²) in [4.78, 5) is 36.3. The van der Waals surface area contributed by atoms with E-state index < -0.39 is 6.04 Å². The van der Waals surface area contributed by atoms with Crippen LogP contribution in [-0.4, -0.2) is 48.4 Å². The minimum atomic E-state index is -0.559. The summed E-state index contributed by atoms with van der Waals surface area (Å²) < 4.78 is 4.66. The number of ether oxygens (including phenoxy) is 1. The van der Waals surface area contributed by atoms with Crippen molar-refractivity contribution in [2.45, 2.75) is 51.6 Å². The Morgan fingerprint density at radius 3 is 2.63 bits per heavy atom.